The van der Waals surface area contributed by atoms with Crippen molar-refractivity contribution in [2.75, 3.05) is 27.4 Å². The summed E-state index contributed by atoms with van der Waals surface area (Å²) in [5, 5.41) is 1.44. The molecule has 2 rings (SSSR count). The van der Waals surface area contributed by atoms with Gasteiger partial charge in [-0.2, -0.15) is 0 Å². The minimum Gasteiger partial charge on any atom is -0.464 e. The molecule has 6 nitrogen and oxygen atoms in total. The summed E-state index contributed by atoms with van der Waals surface area (Å²) in [6.07, 6.45) is 0. The molecule has 0 aliphatic carbocycles. The van der Waals surface area contributed by atoms with Gasteiger partial charge in [0.05, 0.1) is 20.3 Å². The highest BCUT2D eigenvalue weighted by molar-refractivity contribution is 7.09. The van der Waals surface area contributed by atoms with Crippen LogP contribution in [0.25, 0.3) is 0 Å². The Morgan fingerprint density at radius 2 is 2.00 bits per heavy atom. The minimum absolute atomic E-state index is 0.229. The highest BCUT2D eigenvalue weighted by Crippen LogP contribution is 2.24. The topological polar surface area (TPSA) is 68.7 Å². The molecule has 0 unspecified atom stereocenters. The van der Waals surface area contributed by atoms with Gasteiger partial charge in [-0.05, 0) is 5.56 Å². The molecule has 0 radical (unpaired) electrons. The van der Waals surface area contributed by atoms with Crippen molar-refractivity contribution < 1.29 is 19.1 Å². The number of thiazole rings is 1. The van der Waals surface area contributed by atoms with E-state index in [1.165, 1.54) is 18.4 Å². The fraction of sp³-hybridized carbons (Fsp3) is 0.353. The van der Waals surface area contributed by atoms with Gasteiger partial charge in [0, 0.05) is 19.0 Å². The van der Waals surface area contributed by atoms with Gasteiger partial charge in [-0.15, -0.1) is 22.9 Å². The van der Waals surface area contributed by atoms with Gasteiger partial charge in [-0.1, -0.05) is 30.3 Å². The maximum absolute atomic E-state index is 12.8. The number of methoxy groups -OCH3 is 2. The van der Waals surface area contributed by atoms with Gasteiger partial charge in [0.2, 0.25) is 5.91 Å². The molecule has 1 atom stereocenters. The Morgan fingerprint density at radius 1 is 1.28 bits per heavy atom. The molecule has 1 amide bonds. The minimum atomic E-state index is -0.793. The number of alkyl halides is 1. The third-order valence-electron chi connectivity index (χ3n) is 3.46. The van der Waals surface area contributed by atoms with Crippen molar-refractivity contribution in [3.8, 4) is 0 Å². The highest BCUT2D eigenvalue weighted by atomic mass is 35.5. The summed E-state index contributed by atoms with van der Waals surface area (Å²) in [5.74, 6) is -0.739. The normalized spacial score (nSPS) is 11.8. The van der Waals surface area contributed by atoms with Crippen LogP contribution in [0.3, 0.4) is 0 Å². The third kappa shape index (κ3) is 5.26. The lowest BCUT2D eigenvalue weighted by molar-refractivity contribution is -0.132. The molecule has 0 aliphatic heterocycles. The first-order valence-electron chi connectivity index (χ1n) is 7.56. The van der Waals surface area contributed by atoms with Gasteiger partial charge >= 0.3 is 5.97 Å². The number of esters is 1. The average Bonchev–Trinajstić information content (AvgIpc) is 3.12. The Labute approximate surface area is 155 Å². The summed E-state index contributed by atoms with van der Waals surface area (Å²) >= 11 is 7.64. The lowest BCUT2D eigenvalue weighted by Crippen LogP contribution is -2.35. The van der Waals surface area contributed by atoms with Crippen molar-refractivity contribution in [1.82, 2.24) is 9.88 Å². The number of hydrogen-bond donors (Lipinski definition) is 0. The summed E-state index contributed by atoms with van der Waals surface area (Å²) in [6.45, 7) is 0.998. The van der Waals surface area contributed by atoms with E-state index in [1.807, 2.05) is 30.3 Å². The second kappa shape index (κ2) is 9.50. The average molecular weight is 383 g/mol. The molecule has 1 aromatic carbocycles. The smallest absolute Gasteiger partial charge is 0.357 e. The number of nitrogens with zero attached hydrogens (tertiary/aromatic N) is 2. The molecule has 134 valence electrons. The van der Waals surface area contributed by atoms with Gasteiger partial charge in [0.15, 0.2) is 5.69 Å². The van der Waals surface area contributed by atoms with E-state index in [-0.39, 0.29) is 18.1 Å². The number of ether oxygens (including phenoxy) is 2. The van der Waals surface area contributed by atoms with E-state index in [2.05, 4.69) is 9.72 Å². The zero-order chi connectivity index (χ0) is 18.2. The number of rotatable bonds is 8. The maximum atomic E-state index is 12.8. The van der Waals surface area contributed by atoms with Crippen molar-refractivity contribution in [2.45, 2.75) is 11.9 Å². The Morgan fingerprint density at radius 3 is 2.64 bits per heavy atom. The van der Waals surface area contributed by atoms with E-state index in [0.717, 1.165) is 5.56 Å². The number of carbonyl (C=O) groups excluding carboxylic acids is 2. The monoisotopic (exact) mass is 382 g/mol. The Balaban J connectivity index is 2.13. The number of halogens is 1. The molecule has 0 bridgehead atoms. The maximum Gasteiger partial charge on any atom is 0.357 e. The van der Waals surface area contributed by atoms with E-state index in [4.69, 9.17) is 16.3 Å². The predicted molar refractivity (Wildman–Crippen MR) is 95.8 cm³/mol. The van der Waals surface area contributed by atoms with E-state index in [1.54, 1.807) is 17.4 Å². The van der Waals surface area contributed by atoms with Gasteiger partial charge in [-0.25, -0.2) is 9.78 Å². The zero-order valence-corrected chi connectivity index (χ0v) is 15.5. The van der Waals surface area contributed by atoms with Gasteiger partial charge in [0.25, 0.3) is 0 Å². The lowest BCUT2D eigenvalue weighted by Gasteiger charge is -2.24. The molecule has 0 saturated heterocycles. The summed E-state index contributed by atoms with van der Waals surface area (Å²) in [7, 11) is 2.87. The molecule has 0 N–H and O–H groups in total. The first kappa shape index (κ1) is 19.4. The van der Waals surface area contributed by atoms with Crippen molar-refractivity contribution in [3.63, 3.8) is 0 Å². The number of amides is 1. The van der Waals surface area contributed by atoms with E-state index in [0.29, 0.717) is 18.2 Å². The molecule has 0 aliphatic rings. The standard InChI is InChI=1S/C17H19ClN2O4S/c1-23-9-8-20(10-14-19-13(11-25-14)17(22)24-2)16(21)15(18)12-6-4-3-5-7-12/h3-7,11,15H,8-10H2,1-2H3/t15-/m0/s1. The largest absolute Gasteiger partial charge is 0.464 e. The van der Waals surface area contributed by atoms with Gasteiger partial charge in [0.1, 0.15) is 10.4 Å². The van der Waals surface area contributed by atoms with E-state index in [9.17, 15) is 9.59 Å². The van der Waals surface area contributed by atoms with Gasteiger partial charge in [-0.3, -0.25) is 4.79 Å². The summed E-state index contributed by atoms with van der Waals surface area (Å²) < 4.78 is 9.72. The molecular formula is C17H19ClN2O4S. The summed E-state index contributed by atoms with van der Waals surface area (Å²) in [6, 6.07) is 9.15. The van der Waals surface area contributed by atoms with Crippen LogP contribution >= 0.6 is 22.9 Å². The quantitative estimate of drug-likeness (QED) is 0.518. The van der Waals surface area contributed by atoms with Crippen LogP contribution in [-0.4, -0.2) is 49.1 Å². The van der Waals surface area contributed by atoms with Crippen LogP contribution in [0.2, 0.25) is 0 Å². The van der Waals surface area contributed by atoms with Crippen LogP contribution in [0.15, 0.2) is 35.7 Å². The number of benzene rings is 1. The number of carbonyl (C=O) groups is 2. The van der Waals surface area contributed by atoms with E-state index < -0.39 is 11.3 Å². The number of hydrogen-bond acceptors (Lipinski definition) is 6. The second-order valence-corrected chi connectivity index (χ2v) is 6.52. The molecule has 2 aromatic rings. The zero-order valence-electron chi connectivity index (χ0n) is 14.0. The lowest BCUT2D eigenvalue weighted by atomic mass is 10.1. The van der Waals surface area contributed by atoms with Crippen LogP contribution in [0.5, 0.6) is 0 Å². The first-order valence-corrected chi connectivity index (χ1v) is 8.88. The number of aromatic nitrogens is 1. The molecule has 1 heterocycles. The van der Waals surface area contributed by atoms with Crippen molar-refractivity contribution in [1.29, 1.82) is 0 Å². The second-order valence-electron chi connectivity index (χ2n) is 5.14. The Hall–Kier alpha value is -1.96. The molecule has 0 fully saturated rings. The SMILES string of the molecule is COCCN(Cc1nc(C(=O)OC)cs1)C(=O)[C@@H](Cl)c1ccccc1. The van der Waals surface area contributed by atoms with Crippen LogP contribution in [0.1, 0.15) is 26.4 Å². The Bertz CT molecular complexity index is 708. The fourth-order valence-electron chi connectivity index (χ4n) is 2.14. The molecule has 25 heavy (non-hydrogen) atoms. The fourth-order valence-corrected chi connectivity index (χ4v) is 3.20. The van der Waals surface area contributed by atoms with E-state index >= 15 is 0 Å². The first-order chi connectivity index (χ1) is 12.1. The summed E-state index contributed by atoms with van der Waals surface area (Å²) in [4.78, 5) is 30.1. The molecule has 8 heteroatoms. The molecule has 0 saturated carbocycles. The third-order valence-corrected chi connectivity index (χ3v) is 4.73. The molecule has 0 spiro atoms. The van der Waals surface area contributed by atoms with Crippen LogP contribution < -0.4 is 0 Å². The highest BCUT2D eigenvalue weighted by Gasteiger charge is 2.25. The van der Waals surface area contributed by atoms with Gasteiger partial charge < -0.3 is 14.4 Å². The van der Waals surface area contributed by atoms with Crippen LogP contribution in [0.4, 0.5) is 0 Å². The molecular weight excluding hydrogens is 364 g/mol. The molecule has 1 aromatic heterocycles. The summed E-state index contributed by atoms with van der Waals surface area (Å²) in [5.41, 5.74) is 0.957. The van der Waals surface area contributed by atoms with Crippen molar-refractivity contribution in [3.05, 3.63) is 52.0 Å². The van der Waals surface area contributed by atoms with Crippen molar-refractivity contribution in [2.24, 2.45) is 0 Å². The van der Waals surface area contributed by atoms with Crippen molar-refractivity contribution >= 4 is 34.8 Å². The van der Waals surface area contributed by atoms with Crippen LogP contribution in [0, 0.1) is 0 Å². The van der Waals surface area contributed by atoms with Crippen LogP contribution in [-0.2, 0) is 20.8 Å². The predicted octanol–water partition coefficient (Wildman–Crippen LogP) is 2.88. The Kier molecular flexibility index (Phi) is 7.36.